The molecule has 6 nitrogen and oxygen atoms in total. The van der Waals surface area contributed by atoms with Crippen LogP contribution in [0.4, 0.5) is 23.7 Å². The van der Waals surface area contributed by atoms with Crippen LogP contribution in [-0.4, -0.2) is 18.0 Å². The molecule has 0 aromatic heterocycles. The highest BCUT2D eigenvalue weighted by Crippen LogP contribution is 2.34. The molecule has 33 heavy (non-hydrogen) atoms. The highest BCUT2D eigenvalue weighted by atomic mass is 19.4. The fourth-order valence-corrected chi connectivity index (χ4v) is 3.35. The summed E-state index contributed by atoms with van der Waals surface area (Å²) in [4.78, 5) is 24.5. The maximum atomic E-state index is 12.9. The summed E-state index contributed by atoms with van der Waals surface area (Å²) in [6, 6.07) is 17.5. The van der Waals surface area contributed by atoms with E-state index >= 15 is 0 Å². The Bertz CT molecular complexity index is 1170. The van der Waals surface area contributed by atoms with Gasteiger partial charge in [0, 0.05) is 12.1 Å². The minimum Gasteiger partial charge on any atom is -0.457 e. The highest BCUT2D eigenvalue weighted by Gasteiger charge is 2.31. The molecule has 0 spiro atoms. The van der Waals surface area contributed by atoms with Crippen LogP contribution in [0.25, 0.3) is 0 Å². The number of amides is 2. The second-order valence-electron chi connectivity index (χ2n) is 7.40. The van der Waals surface area contributed by atoms with Gasteiger partial charge in [0.2, 0.25) is 5.91 Å². The van der Waals surface area contributed by atoms with Crippen molar-refractivity contribution in [1.29, 1.82) is 0 Å². The van der Waals surface area contributed by atoms with Gasteiger partial charge >= 0.3 is 12.3 Å². The lowest BCUT2D eigenvalue weighted by Crippen LogP contribution is -2.47. The van der Waals surface area contributed by atoms with Crippen LogP contribution in [0.1, 0.15) is 16.7 Å². The van der Waals surface area contributed by atoms with Crippen molar-refractivity contribution in [3.63, 3.8) is 0 Å². The van der Waals surface area contributed by atoms with Gasteiger partial charge in [-0.3, -0.25) is 4.79 Å². The predicted molar refractivity (Wildman–Crippen MR) is 114 cm³/mol. The third kappa shape index (κ3) is 5.62. The number of anilines is 1. The van der Waals surface area contributed by atoms with Gasteiger partial charge in [-0.2, -0.15) is 13.2 Å². The highest BCUT2D eigenvalue weighted by molar-refractivity contribution is 5.99. The maximum absolute atomic E-state index is 12.9. The monoisotopic (exact) mass is 456 g/mol. The van der Waals surface area contributed by atoms with Crippen molar-refractivity contribution >= 4 is 17.7 Å². The number of rotatable bonds is 5. The third-order valence-electron chi connectivity index (χ3n) is 4.98. The number of alkyl carbamates (subject to hydrolysis) is 1. The fraction of sp³-hybridized carbons (Fsp3) is 0.167. The van der Waals surface area contributed by atoms with Crippen molar-refractivity contribution in [2.24, 2.45) is 0 Å². The Morgan fingerprint density at radius 2 is 1.76 bits per heavy atom. The van der Waals surface area contributed by atoms with Crippen molar-refractivity contribution in [2.75, 3.05) is 5.32 Å². The van der Waals surface area contributed by atoms with Crippen LogP contribution in [0.2, 0.25) is 0 Å². The van der Waals surface area contributed by atoms with Crippen LogP contribution in [0.3, 0.4) is 0 Å². The molecule has 1 aliphatic rings. The molecule has 2 amide bonds. The van der Waals surface area contributed by atoms with Crippen LogP contribution in [0.5, 0.6) is 11.5 Å². The molecule has 0 aliphatic carbocycles. The molecule has 0 bridgehead atoms. The van der Waals surface area contributed by atoms with E-state index in [1.807, 2.05) is 30.3 Å². The molecule has 1 aliphatic heterocycles. The topological polar surface area (TPSA) is 76.7 Å². The van der Waals surface area contributed by atoms with E-state index < -0.39 is 29.8 Å². The first kappa shape index (κ1) is 22.2. The minimum absolute atomic E-state index is 0.0313. The van der Waals surface area contributed by atoms with Crippen LogP contribution in [-0.2, 0) is 28.7 Å². The zero-order valence-corrected chi connectivity index (χ0v) is 17.2. The average Bonchev–Trinajstić information content (AvgIpc) is 2.79. The minimum atomic E-state index is -4.48. The Kier molecular flexibility index (Phi) is 6.21. The Morgan fingerprint density at radius 1 is 1.00 bits per heavy atom. The van der Waals surface area contributed by atoms with Crippen LogP contribution in [0, 0.1) is 0 Å². The first-order chi connectivity index (χ1) is 15.8. The van der Waals surface area contributed by atoms with Gasteiger partial charge in [-0.25, -0.2) is 4.79 Å². The number of carbonyl (C=O) groups is 2. The molecule has 9 heteroatoms. The standard InChI is InChI=1S/C24H19F3N2O4/c25-24(26,27)17-7-4-8-18(13-17)33-19-9-10-20-16(11-19)12-21(22(30)28-20)29-23(31)32-14-15-5-2-1-3-6-15/h1-11,13,21H,12,14H2,(H,28,30)(H,29,31). The Balaban J connectivity index is 1.41. The van der Waals surface area contributed by atoms with E-state index in [1.165, 1.54) is 12.1 Å². The van der Waals surface area contributed by atoms with E-state index in [0.717, 1.165) is 17.7 Å². The van der Waals surface area contributed by atoms with Crippen molar-refractivity contribution in [3.05, 3.63) is 89.5 Å². The second-order valence-corrected chi connectivity index (χ2v) is 7.40. The molecule has 0 saturated carbocycles. The number of halogens is 3. The zero-order chi connectivity index (χ0) is 23.4. The summed E-state index contributed by atoms with van der Waals surface area (Å²) in [6.07, 6.45) is -5.05. The molecule has 1 heterocycles. The summed E-state index contributed by atoms with van der Waals surface area (Å²) in [5, 5.41) is 5.23. The second kappa shape index (κ2) is 9.23. The van der Waals surface area contributed by atoms with Gasteiger partial charge in [0.05, 0.1) is 5.56 Å². The zero-order valence-electron chi connectivity index (χ0n) is 17.2. The van der Waals surface area contributed by atoms with Gasteiger partial charge in [-0.1, -0.05) is 36.4 Å². The molecule has 2 N–H and O–H groups in total. The molecule has 0 radical (unpaired) electrons. The SMILES string of the molecule is O=C(NC1Cc2cc(Oc3cccc(C(F)(F)F)c3)ccc2NC1=O)OCc1ccccc1. The number of carbonyl (C=O) groups excluding carboxylic acids is 2. The Labute approximate surface area is 187 Å². The molecule has 4 rings (SSSR count). The average molecular weight is 456 g/mol. The first-order valence-corrected chi connectivity index (χ1v) is 10.0. The van der Waals surface area contributed by atoms with E-state index in [4.69, 9.17) is 9.47 Å². The smallest absolute Gasteiger partial charge is 0.416 e. The van der Waals surface area contributed by atoms with E-state index in [9.17, 15) is 22.8 Å². The summed E-state index contributed by atoms with van der Waals surface area (Å²) in [6.45, 7) is 0.0621. The Hall–Kier alpha value is -4.01. The molecular formula is C24H19F3N2O4. The number of nitrogens with one attached hydrogen (secondary N) is 2. The van der Waals surface area contributed by atoms with Crippen LogP contribution in [0.15, 0.2) is 72.8 Å². The summed E-state index contributed by atoms with van der Waals surface area (Å²) in [7, 11) is 0. The van der Waals surface area contributed by atoms with E-state index in [-0.39, 0.29) is 18.8 Å². The van der Waals surface area contributed by atoms with Gasteiger partial charge in [-0.15, -0.1) is 0 Å². The summed E-state index contributed by atoms with van der Waals surface area (Å²) >= 11 is 0. The number of fused-ring (bicyclic) bond motifs is 1. The van der Waals surface area contributed by atoms with Gasteiger partial charge < -0.3 is 20.1 Å². The van der Waals surface area contributed by atoms with E-state index in [0.29, 0.717) is 17.0 Å². The van der Waals surface area contributed by atoms with Crippen LogP contribution < -0.4 is 15.4 Å². The molecule has 0 saturated heterocycles. The lowest BCUT2D eigenvalue weighted by Gasteiger charge is -2.25. The number of alkyl halides is 3. The fourth-order valence-electron chi connectivity index (χ4n) is 3.35. The molecule has 1 atom stereocenters. The number of ether oxygens (including phenoxy) is 2. The third-order valence-corrected chi connectivity index (χ3v) is 4.98. The predicted octanol–water partition coefficient (Wildman–Crippen LogP) is 5.29. The van der Waals surface area contributed by atoms with Crippen molar-refractivity contribution in [1.82, 2.24) is 5.32 Å². The molecule has 3 aromatic rings. The van der Waals surface area contributed by atoms with E-state index in [1.54, 1.807) is 18.2 Å². The van der Waals surface area contributed by atoms with Crippen molar-refractivity contribution < 1.29 is 32.2 Å². The van der Waals surface area contributed by atoms with Gasteiger partial charge in [0.15, 0.2) is 0 Å². The molecule has 3 aromatic carbocycles. The summed E-state index contributed by atoms with van der Waals surface area (Å²) in [5.41, 5.74) is 1.19. The van der Waals surface area contributed by atoms with Crippen molar-refractivity contribution in [2.45, 2.75) is 25.2 Å². The molecular weight excluding hydrogens is 437 g/mol. The largest absolute Gasteiger partial charge is 0.457 e. The van der Waals surface area contributed by atoms with Gasteiger partial charge in [0.25, 0.3) is 0 Å². The summed E-state index contributed by atoms with van der Waals surface area (Å²) < 4.78 is 49.5. The molecule has 1 unspecified atom stereocenters. The maximum Gasteiger partial charge on any atom is 0.416 e. The Morgan fingerprint density at radius 3 is 2.52 bits per heavy atom. The number of benzene rings is 3. The van der Waals surface area contributed by atoms with Crippen LogP contribution >= 0.6 is 0 Å². The van der Waals surface area contributed by atoms with Gasteiger partial charge in [-0.05, 0) is 47.5 Å². The quantitative estimate of drug-likeness (QED) is 0.547. The molecule has 170 valence electrons. The van der Waals surface area contributed by atoms with Crippen molar-refractivity contribution in [3.8, 4) is 11.5 Å². The van der Waals surface area contributed by atoms with E-state index in [2.05, 4.69) is 10.6 Å². The molecule has 0 fully saturated rings. The van der Waals surface area contributed by atoms with Gasteiger partial charge in [0.1, 0.15) is 24.1 Å². The lowest BCUT2D eigenvalue weighted by molar-refractivity contribution is -0.137. The lowest BCUT2D eigenvalue weighted by atomic mass is 9.99. The number of hydrogen-bond acceptors (Lipinski definition) is 4. The first-order valence-electron chi connectivity index (χ1n) is 10.0. The summed E-state index contributed by atoms with van der Waals surface area (Å²) in [5.74, 6) is -0.0656. The number of hydrogen-bond donors (Lipinski definition) is 2. The normalized spacial score (nSPS) is 15.2.